The van der Waals surface area contributed by atoms with Gasteiger partial charge in [-0.2, -0.15) is 4.98 Å². The first kappa shape index (κ1) is 23.9. The van der Waals surface area contributed by atoms with Gasteiger partial charge < -0.3 is 35.3 Å². The van der Waals surface area contributed by atoms with Gasteiger partial charge in [-0.25, -0.2) is 4.98 Å². The van der Waals surface area contributed by atoms with Gasteiger partial charge in [0.05, 0.1) is 20.3 Å². The van der Waals surface area contributed by atoms with Crippen LogP contribution in [0, 0.1) is 6.92 Å². The van der Waals surface area contributed by atoms with E-state index in [-0.39, 0.29) is 6.61 Å². The molecular formula is C24H28ClN5O4. The molecule has 0 bridgehead atoms. The van der Waals surface area contributed by atoms with Crippen LogP contribution >= 0.6 is 11.6 Å². The van der Waals surface area contributed by atoms with Crippen LogP contribution in [0.2, 0.25) is 5.02 Å². The van der Waals surface area contributed by atoms with E-state index in [9.17, 15) is 0 Å². The maximum atomic E-state index is 8.84. The molecule has 4 rings (SSSR count). The summed E-state index contributed by atoms with van der Waals surface area (Å²) >= 11 is 6.15. The van der Waals surface area contributed by atoms with Gasteiger partial charge in [-0.15, -0.1) is 0 Å². The SMILES string of the molecule is COc1cc2c(cc1OCCCNCCO)CNc1c(Nc3ccc(Cl)c(C)c3)ncnc1O2. The molecule has 3 aromatic rings. The van der Waals surface area contributed by atoms with E-state index < -0.39 is 0 Å². The summed E-state index contributed by atoms with van der Waals surface area (Å²) in [6.45, 7) is 4.41. The maximum absolute atomic E-state index is 8.84. The number of hydrogen-bond donors (Lipinski definition) is 4. The number of ether oxygens (including phenoxy) is 3. The third-order valence-electron chi connectivity index (χ3n) is 5.29. The number of aromatic nitrogens is 2. The largest absolute Gasteiger partial charge is 0.493 e. The molecular weight excluding hydrogens is 458 g/mol. The van der Waals surface area contributed by atoms with Crippen LogP contribution in [0.15, 0.2) is 36.7 Å². The van der Waals surface area contributed by atoms with E-state index >= 15 is 0 Å². The topological polar surface area (TPSA) is 110 Å². The second-order valence-corrected chi connectivity index (χ2v) is 8.14. The zero-order chi connectivity index (χ0) is 23.9. The molecule has 0 atom stereocenters. The standard InChI is InChI=1S/C24H28ClN5O4/c1-15-10-17(4-5-18(15)25)30-23-22-24(29-14-28-23)34-19-12-20(32-2)21(11-16(19)13-27-22)33-9-3-6-26-7-8-31/h4-5,10-12,14,26-27,31H,3,6-9,13H2,1-2H3,(H,28,29,30). The normalized spacial score (nSPS) is 12.0. The van der Waals surface area contributed by atoms with Crippen molar-refractivity contribution in [3.8, 4) is 23.1 Å². The van der Waals surface area contributed by atoms with Crippen LogP contribution < -0.4 is 30.2 Å². The molecule has 2 aromatic carbocycles. The van der Waals surface area contributed by atoms with E-state index in [1.807, 2.05) is 37.3 Å². The number of aryl methyl sites for hydroxylation is 1. The Hall–Kier alpha value is -3.27. The van der Waals surface area contributed by atoms with Crippen LogP contribution in [0.1, 0.15) is 17.5 Å². The smallest absolute Gasteiger partial charge is 0.248 e. The first-order valence-electron chi connectivity index (χ1n) is 11.0. The van der Waals surface area contributed by atoms with Gasteiger partial charge in [0, 0.05) is 35.4 Å². The fraction of sp³-hybridized carbons (Fsp3) is 0.333. The number of benzene rings is 2. The van der Waals surface area contributed by atoms with Crippen molar-refractivity contribution in [1.29, 1.82) is 0 Å². The molecule has 2 heterocycles. The molecule has 1 aliphatic heterocycles. The van der Waals surface area contributed by atoms with Crippen LogP contribution in [0.4, 0.5) is 17.2 Å². The second kappa shape index (κ2) is 11.2. The van der Waals surface area contributed by atoms with Crippen molar-refractivity contribution < 1.29 is 19.3 Å². The van der Waals surface area contributed by atoms with E-state index in [1.165, 1.54) is 6.33 Å². The van der Waals surface area contributed by atoms with Crippen molar-refractivity contribution in [3.63, 3.8) is 0 Å². The number of aliphatic hydroxyl groups is 1. The van der Waals surface area contributed by atoms with Crippen LogP contribution in [0.5, 0.6) is 23.1 Å². The summed E-state index contributed by atoms with van der Waals surface area (Å²) in [6, 6.07) is 9.41. The number of anilines is 3. The quantitative estimate of drug-likeness (QED) is 0.313. The van der Waals surface area contributed by atoms with Gasteiger partial charge >= 0.3 is 0 Å². The minimum atomic E-state index is 0.121. The number of nitrogens with zero attached hydrogens (tertiary/aromatic N) is 2. The Labute approximate surface area is 203 Å². The lowest BCUT2D eigenvalue weighted by molar-refractivity contribution is 0.274. The molecule has 1 aromatic heterocycles. The van der Waals surface area contributed by atoms with Gasteiger partial charge in [-0.05, 0) is 49.7 Å². The van der Waals surface area contributed by atoms with Crippen LogP contribution in [0.25, 0.3) is 0 Å². The number of hydrogen-bond acceptors (Lipinski definition) is 9. The molecule has 0 saturated carbocycles. The number of rotatable bonds is 10. The third-order valence-corrected chi connectivity index (χ3v) is 5.71. The molecule has 0 saturated heterocycles. The number of halogens is 1. The van der Waals surface area contributed by atoms with Gasteiger partial charge in [0.1, 0.15) is 17.8 Å². The predicted octanol–water partition coefficient (Wildman–Crippen LogP) is 4.26. The highest BCUT2D eigenvalue weighted by atomic mass is 35.5. The van der Waals surface area contributed by atoms with Crippen molar-refractivity contribution in [1.82, 2.24) is 15.3 Å². The molecule has 10 heteroatoms. The van der Waals surface area contributed by atoms with Crippen LogP contribution in [-0.4, -0.2) is 48.5 Å². The lowest BCUT2D eigenvalue weighted by Gasteiger charge is -2.14. The molecule has 180 valence electrons. The summed E-state index contributed by atoms with van der Waals surface area (Å²) in [6.07, 6.45) is 2.26. The summed E-state index contributed by atoms with van der Waals surface area (Å²) in [4.78, 5) is 8.72. The summed E-state index contributed by atoms with van der Waals surface area (Å²) in [5.41, 5.74) is 3.38. The van der Waals surface area contributed by atoms with E-state index in [0.29, 0.717) is 59.4 Å². The molecule has 34 heavy (non-hydrogen) atoms. The number of aliphatic hydroxyl groups excluding tert-OH is 1. The Balaban J connectivity index is 1.51. The molecule has 1 aliphatic rings. The third kappa shape index (κ3) is 5.61. The Morgan fingerprint density at radius 3 is 2.85 bits per heavy atom. The van der Waals surface area contributed by atoms with E-state index in [0.717, 1.165) is 29.8 Å². The molecule has 0 fully saturated rings. The highest BCUT2D eigenvalue weighted by Gasteiger charge is 2.22. The Kier molecular flexibility index (Phi) is 7.89. The number of nitrogens with one attached hydrogen (secondary N) is 3. The Morgan fingerprint density at radius 2 is 2.06 bits per heavy atom. The van der Waals surface area contributed by atoms with Gasteiger partial charge in [0.2, 0.25) is 5.88 Å². The van der Waals surface area contributed by atoms with E-state index in [4.69, 9.17) is 30.9 Å². The van der Waals surface area contributed by atoms with Crippen molar-refractivity contribution in [2.24, 2.45) is 0 Å². The Morgan fingerprint density at radius 1 is 1.18 bits per heavy atom. The summed E-state index contributed by atoms with van der Waals surface area (Å²) in [5, 5.41) is 19.4. The van der Waals surface area contributed by atoms with Crippen molar-refractivity contribution >= 4 is 28.8 Å². The van der Waals surface area contributed by atoms with Crippen molar-refractivity contribution in [2.75, 3.05) is 44.0 Å². The van der Waals surface area contributed by atoms with E-state index in [1.54, 1.807) is 7.11 Å². The first-order valence-corrected chi connectivity index (χ1v) is 11.4. The number of fused-ring (bicyclic) bond motifs is 2. The lowest BCUT2D eigenvalue weighted by Crippen LogP contribution is -2.20. The lowest BCUT2D eigenvalue weighted by atomic mass is 10.1. The van der Waals surface area contributed by atoms with E-state index in [2.05, 4.69) is 25.9 Å². The Bertz CT molecular complexity index is 1140. The molecule has 0 radical (unpaired) electrons. The molecule has 4 N–H and O–H groups in total. The zero-order valence-corrected chi connectivity index (χ0v) is 19.9. The number of methoxy groups -OCH3 is 1. The minimum absolute atomic E-state index is 0.121. The van der Waals surface area contributed by atoms with Crippen molar-refractivity contribution in [3.05, 3.63) is 52.8 Å². The molecule has 0 unspecified atom stereocenters. The highest BCUT2D eigenvalue weighted by Crippen LogP contribution is 2.42. The van der Waals surface area contributed by atoms with Gasteiger partial charge in [0.15, 0.2) is 17.3 Å². The van der Waals surface area contributed by atoms with Gasteiger partial charge in [-0.1, -0.05) is 11.6 Å². The van der Waals surface area contributed by atoms with Gasteiger partial charge in [-0.3, -0.25) is 0 Å². The predicted molar refractivity (Wildman–Crippen MR) is 132 cm³/mol. The van der Waals surface area contributed by atoms with Crippen molar-refractivity contribution in [2.45, 2.75) is 19.9 Å². The summed E-state index contributed by atoms with van der Waals surface area (Å²) in [7, 11) is 1.60. The molecule has 0 spiro atoms. The van der Waals surface area contributed by atoms with Crippen LogP contribution in [-0.2, 0) is 6.54 Å². The maximum Gasteiger partial charge on any atom is 0.248 e. The monoisotopic (exact) mass is 485 g/mol. The molecule has 0 amide bonds. The average Bonchev–Trinajstić information content (AvgIpc) is 3.02. The fourth-order valence-corrected chi connectivity index (χ4v) is 3.64. The van der Waals surface area contributed by atoms with Crippen LogP contribution in [0.3, 0.4) is 0 Å². The minimum Gasteiger partial charge on any atom is -0.493 e. The molecule has 0 aliphatic carbocycles. The summed E-state index contributed by atoms with van der Waals surface area (Å²) < 4.78 is 17.6. The zero-order valence-electron chi connectivity index (χ0n) is 19.2. The highest BCUT2D eigenvalue weighted by molar-refractivity contribution is 6.31. The average molecular weight is 486 g/mol. The first-order chi connectivity index (χ1) is 16.6. The molecule has 9 nitrogen and oxygen atoms in total. The second-order valence-electron chi connectivity index (χ2n) is 7.73. The summed E-state index contributed by atoms with van der Waals surface area (Å²) in [5.74, 6) is 2.86. The van der Waals surface area contributed by atoms with Gasteiger partial charge in [0.25, 0.3) is 0 Å². The fourth-order valence-electron chi connectivity index (χ4n) is 3.52.